The Kier molecular flexibility index (Phi) is 6.60. The summed E-state index contributed by atoms with van der Waals surface area (Å²) >= 11 is 1.38. The van der Waals surface area contributed by atoms with Crippen LogP contribution in [-0.4, -0.2) is 46.1 Å². The molecule has 3 amide bonds. The number of aliphatic imine (C=N–C) groups is 1. The van der Waals surface area contributed by atoms with E-state index < -0.39 is 5.25 Å². The minimum Gasteiger partial charge on any atom is -0.351 e. The average molecular weight is 451 g/mol. The molecule has 8 heteroatoms. The molecule has 7 nitrogen and oxygen atoms in total. The number of aryl methyl sites for hydroxylation is 2. The zero-order valence-corrected chi connectivity index (χ0v) is 19.0. The molecule has 1 saturated heterocycles. The van der Waals surface area contributed by atoms with Crippen molar-refractivity contribution in [3.8, 4) is 0 Å². The smallest absolute Gasteiger partial charge is 0.262 e. The summed E-state index contributed by atoms with van der Waals surface area (Å²) in [6.45, 7) is 5.76. The molecule has 2 N–H and O–H groups in total. The fourth-order valence-electron chi connectivity index (χ4n) is 3.70. The van der Waals surface area contributed by atoms with Gasteiger partial charge in [0.2, 0.25) is 5.91 Å². The lowest BCUT2D eigenvalue weighted by Crippen LogP contribution is -2.25. The predicted molar refractivity (Wildman–Crippen MR) is 128 cm³/mol. The number of carbonyl (C=O) groups excluding carboxylic acids is 3. The van der Waals surface area contributed by atoms with E-state index in [0.717, 1.165) is 47.9 Å². The van der Waals surface area contributed by atoms with Crippen molar-refractivity contribution in [2.45, 2.75) is 38.4 Å². The third-order valence-corrected chi connectivity index (χ3v) is 6.76. The molecule has 0 bridgehead atoms. The highest BCUT2D eigenvalue weighted by Crippen LogP contribution is 2.29. The lowest BCUT2D eigenvalue weighted by molar-refractivity contribution is -0.121. The molecule has 1 fully saturated rings. The maximum absolute atomic E-state index is 12.6. The molecule has 2 aromatic rings. The van der Waals surface area contributed by atoms with Gasteiger partial charge in [-0.05, 0) is 68.1 Å². The van der Waals surface area contributed by atoms with Crippen molar-refractivity contribution in [3.05, 3.63) is 59.2 Å². The van der Waals surface area contributed by atoms with E-state index in [1.165, 1.54) is 11.8 Å². The van der Waals surface area contributed by atoms with Crippen molar-refractivity contribution < 1.29 is 14.4 Å². The molecule has 1 atom stereocenters. The summed E-state index contributed by atoms with van der Waals surface area (Å²) in [6.07, 6.45) is 2.29. The first-order chi connectivity index (χ1) is 15.4. The fourth-order valence-corrected chi connectivity index (χ4v) is 4.82. The molecule has 0 aromatic heterocycles. The van der Waals surface area contributed by atoms with E-state index in [1.54, 1.807) is 24.3 Å². The summed E-state index contributed by atoms with van der Waals surface area (Å²) in [4.78, 5) is 43.4. The molecule has 4 rings (SSSR count). The van der Waals surface area contributed by atoms with Gasteiger partial charge in [0.25, 0.3) is 11.8 Å². The van der Waals surface area contributed by atoms with Gasteiger partial charge in [-0.3, -0.25) is 14.4 Å². The zero-order valence-electron chi connectivity index (χ0n) is 18.2. The highest BCUT2D eigenvalue weighted by molar-refractivity contribution is 8.15. The summed E-state index contributed by atoms with van der Waals surface area (Å²) in [5.41, 5.74) is 3.91. The van der Waals surface area contributed by atoms with Gasteiger partial charge in [-0.25, -0.2) is 0 Å². The van der Waals surface area contributed by atoms with Crippen LogP contribution in [0.3, 0.4) is 0 Å². The Bertz CT molecular complexity index is 1080. The number of carbonyl (C=O) groups is 3. The monoisotopic (exact) mass is 450 g/mol. The maximum atomic E-state index is 12.6. The van der Waals surface area contributed by atoms with Gasteiger partial charge in [0.1, 0.15) is 5.25 Å². The standard InChI is InChI=1S/C24H26N4O3S/c1-15-5-6-16(2)19(13-15)26-22(30)17-7-9-18(10-8-17)25-21(29)14-20-23(31)27-24(32-20)28-11-3-4-12-28/h5-10,13,20H,3-4,11-12,14H2,1-2H3,(H,25,29)(H,26,30). The van der Waals surface area contributed by atoms with Gasteiger partial charge < -0.3 is 15.5 Å². The molecular weight excluding hydrogens is 424 g/mol. The first-order valence-corrected chi connectivity index (χ1v) is 11.6. The summed E-state index contributed by atoms with van der Waals surface area (Å²) in [7, 11) is 0. The van der Waals surface area contributed by atoms with Crippen LogP contribution in [0.5, 0.6) is 0 Å². The number of amides is 3. The SMILES string of the molecule is Cc1ccc(C)c(NC(=O)c2ccc(NC(=O)CC3SC(N4CCCC4)=NC3=O)cc2)c1. The molecule has 2 aliphatic heterocycles. The minimum atomic E-state index is -0.479. The van der Waals surface area contributed by atoms with Crippen molar-refractivity contribution in [1.29, 1.82) is 0 Å². The summed E-state index contributed by atoms with van der Waals surface area (Å²) in [5.74, 6) is -0.706. The number of nitrogens with one attached hydrogen (secondary N) is 2. The lowest BCUT2D eigenvalue weighted by Gasteiger charge is -2.16. The predicted octanol–water partition coefficient (Wildman–Crippen LogP) is 3.98. The molecule has 0 saturated carbocycles. The van der Waals surface area contributed by atoms with Crippen LogP contribution in [0.25, 0.3) is 0 Å². The summed E-state index contributed by atoms with van der Waals surface area (Å²) < 4.78 is 0. The van der Waals surface area contributed by atoms with Crippen LogP contribution in [0, 0.1) is 13.8 Å². The molecule has 1 unspecified atom stereocenters. The van der Waals surface area contributed by atoms with Gasteiger partial charge in [-0.15, -0.1) is 0 Å². The van der Waals surface area contributed by atoms with Gasteiger partial charge in [0.15, 0.2) is 5.17 Å². The Balaban J connectivity index is 1.30. The number of hydrogen-bond donors (Lipinski definition) is 2. The lowest BCUT2D eigenvalue weighted by atomic mass is 10.1. The van der Waals surface area contributed by atoms with Gasteiger partial charge in [0.05, 0.1) is 0 Å². The molecule has 2 aromatic carbocycles. The number of thioether (sulfide) groups is 1. The Morgan fingerprint density at radius 2 is 1.78 bits per heavy atom. The third kappa shape index (κ3) is 5.19. The van der Waals surface area contributed by atoms with E-state index in [-0.39, 0.29) is 24.1 Å². The van der Waals surface area contributed by atoms with Crippen molar-refractivity contribution in [2.24, 2.45) is 4.99 Å². The molecule has 32 heavy (non-hydrogen) atoms. The maximum Gasteiger partial charge on any atom is 0.262 e. The highest BCUT2D eigenvalue weighted by atomic mass is 32.2. The van der Waals surface area contributed by atoms with Crippen LogP contribution in [0.4, 0.5) is 11.4 Å². The fraction of sp³-hybridized carbons (Fsp3) is 0.333. The Labute approximate surface area is 191 Å². The molecule has 166 valence electrons. The van der Waals surface area contributed by atoms with Gasteiger partial charge in [0, 0.05) is 36.4 Å². The Hall–Kier alpha value is -3.13. The van der Waals surface area contributed by atoms with E-state index in [1.807, 2.05) is 32.0 Å². The first kappa shape index (κ1) is 22.1. The number of likely N-dealkylation sites (tertiary alicyclic amines) is 1. The van der Waals surface area contributed by atoms with Crippen LogP contribution in [-0.2, 0) is 9.59 Å². The van der Waals surface area contributed by atoms with Crippen LogP contribution in [0.15, 0.2) is 47.5 Å². The minimum absolute atomic E-state index is 0.0687. The summed E-state index contributed by atoms with van der Waals surface area (Å²) in [6, 6.07) is 12.6. The van der Waals surface area contributed by atoms with E-state index >= 15 is 0 Å². The van der Waals surface area contributed by atoms with Gasteiger partial charge in [-0.1, -0.05) is 23.9 Å². The average Bonchev–Trinajstić information content (AvgIpc) is 3.41. The Morgan fingerprint density at radius 3 is 2.50 bits per heavy atom. The van der Waals surface area contributed by atoms with Crippen molar-refractivity contribution in [2.75, 3.05) is 23.7 Å². The van der Waals surface area contributed by atoms with Gasteiger partial charge in [-0.2, -0.15) is 4.99 Å². The molecule has 0 aliphatic carbocycles. The van der Waals surface area contributed by atoms with Crippen LogP contribution < -0.4 is 10.6 Å². The normalized spacial score (nSPS) is 17.9. The number of hydrogen-bond acceptors (Lipinski definition) is 5. The third-order valence-electron chi connectivity index (χ3n) is 5.55. The van der Waals surface area contributed by atoms with Crippen LogP contribution >= 0.6 is 11.8 Å². The second kappa shape index (κ2) is 9.56. The van der Waals surface area contributed by atoms with Crippen molar-refractivity contribution >= 4 is 46.0 Å². The van der Waals surface area contributed by atoms with E-state index in [9.17, 15) is 14.4 Å². The van der Waals surface area contributed by atoms with Crippen LogP contribution in [0.2, 0.25) is 0 Å². The first-order valence-electron chi connectivity index (χ1n) is 10.7. The van der Waals surface area contributed by atoms with Gasteiger partial charge >= 0.3 is 0 Å². The number of benzene rings is 2. The number of anilines is 2. The number of rotatable bonds is 5. The van der Waals surface area contributed by atoms with E-state index in [2.05, 4.69) is 20.5 Å². The van der Waals surface area contributed by atoms with Crippen molar-refractivity contribution in [3.63, 3.8) is 0 Å². The van der Waals surface area contributed by atoms with E-state index in [4.69, 9.17) is 0 Å². The number of nitrogens with zero attached hydrogens (tertiary/aromatic N) is 2. The molecule has 2 aliphatic rings. The number of amidine groups is 1. The molecule has 2 heterocycles. The molecule has 0 radical (unpaired) electrons. The van der Waals surface area contributed by atoms with Crippen molar-refractivity contribution in [1.82, 2.24) is 4.90 Å². The molecule has 0 spiro atoms. The van der Waals surface area contributed by atoms with E-state index in [0.29, 0.717) is 11.3 Å². The topological polar surface area (TPSA) is 90.9 Å². The van der Waals surface area contributed by atoms with Crippen LogP contribution in [0.1, 0.15) is 40.7 Å². The molecular formula is C24H26N4O3S. The Morgan fingerprint density at radius 1 is 1.06 bits per heavy atom. The second-order valence-electron chi connectivity index (χ2n) is 8.14. The largest absolute Gasteiger partial charge is 0.351 e. The quantitative estimate of drug-likeness (QED) is 0.719. The zero-order chi connectivity index (χ0) is 22.7. The highest BCUT2D eigenvalue weighted by Gasteiger charge is 2.33. The summed E-state index contributed by atoms with van der Waals surface area (Å²) in [5, 5.41) is 5.99. The second-order valence-corrected chi connectivity index (χ2v) is 9.31.